The summed E-state index contributed by atoms with van der Waals surface area (Å²) in [4.78, 5) is 22.8. The van der Waals surface area contributed by atoms with Crippen LogP contribution in [-0.4, -0.2) is 43.3 Å². The van der Waals surface area contributed by atoms with E-state index < -0.39 is 0 Å². The summed E-state index contributed by atoms with van der Waals surface area (Å²) in [6.07, 6.45) is 7.37. The van der Waals surface area contributed by atoms with Gasteiger partial charge in [0.2, 0.25) is 0 Å². The van der Waals surface area contributed by atoms with Crippen LogP contribution in [0.3, 0.4) is 0 Å². The fourth-order valence-electron chi connectivity index (χ4n) is 2.45. The third-order valence-corrected chi connectivity index (χ3v) is 3.84. The van der Waals surface area contributed by atoms with Crippen LogP contribution in [0, 0.1) is 13.8 Å². The summed E-state index contributed by atoms with van der Waals surface area (Å²) >= 11 is 0. The number of aromatic nitrogens is 4. The first-order chi connectivity index (χ1) is 10.6. The van der Waals surface area contributed by atoms with Gasteiger partial charge < -0.3 is 13.9 Å². The molecule has 3 aromatic rings. The van der Waals surface area contributed by atoms with Crippen LogP contribution in [0.2, 0.25) is 0 Å². The number of amides is 1. The lowest BCUT2D eigenvalue weighted by molar-refractivity contribution is 0.0785. The zero-order valence-electron chi connectivity index (χ0n) is 13.0. The van der Waals surface area contributed by atoms with Gasteiger partial charge in [-0.25, -0.2) is 9.97 Å². The van der Waals surface area contributed by atoms with E-state index >= 15 is 0 Å². The van der Waals surface area contributed by atoms with Crippen molar-refractivity contribution in [2.75, 3.05) is 13.6 Å². The fourth-order valence-corrected chi connectivity index (χ4v) is 2.45. The summed E-state index contributed by atoms with van der Waals surface area (Å²) in [5.41, 5.74) is 2.35. The van der Waals surface area contributed by atoms with Gasteiger partial charge in [-0.2, -0.15) is 0 Å². The third-order valence-electron chi connectivity index (χ3n) is 3.84. The molecule has 0 unspecified atom stereocenters. The molecule has 3 rings (SSSR count). The van der Waals surface area contributed by atoms with Gasteiger partial charge in [-0.15, -0.1) is 0 Å². The Hall–Kier alpha value is -2.63. The first-order valence-electron chi connectivity index (χ1n) is 7.24. The van der Waals surface area contributed by atoms with E-state index in [0.717, 1.165) is 23.6 Å². The van der Waals surface area contributed by atoms with Crippen molar-refractivity contribution >= 4 is 11.6 Å². The molecule has 0 aromatic carbocycles. The Balaban J connectivity index is 1.74. The highest BCUT2D eigenvalue weighted by atomic mass is 16.2. The van der Waals surface area contributed by atoms with Crippen molar-refractivity contribution in [3.8, 4) is 0 Å². The summed E-state index contributed by atoms with van der Waals surface area (Å²) < 4.78 is 3.91. The van der Waals surface area contributed by atoms with E-state index in [1.807, 2.05) is 47.3 Å². The minimum atomic E-state index is -0.0686. The zero-order chi connectivity index (χ0) is 15.7. The van der Waals surface area contributed by atoms with Gasteiger partial charge in [0, 0.05) is 44.9 Å². The number of imidazole rings is 2. The SMILES string of the molecule is Cc1cccn2cc(C(=O)N(C)CCn3ccnc3C)nc12. The monoisotopic (exact) mass is 297 g/mol. The predicted octanol–water partition coefficient (Wildman–Crippen LogP) is 1.92. The van der Waals surface area contributed by atoms with Gasteiger partial charge >= 0.3 is 0 Å². The molecule has 0 saturated heterocycles. The maximum atomic E-state index is 12.5. The quantitative estimate of drug-likeness (QED) is 0.739. The third kappa shape index (κ3) is 2.59. The van der Waals surface area contributed by atoms with Gasteiger partial charge in [0.05, 0.1) is 0 Å². The lowest BCUT2D eigenvalue weighted by atomic mass is 10.3. The topological polar surface area (TPSA) is 55.4 Å². The van der Waals surface area contributed by atoms with Crippen LogP contribution in [0.15, 0.2) is 36.9 Å². The van der Waals surface area contributed by atoms with E-state index in [0.29, 0.717) is 12.2 Å². The number of carbonyl (C=O) groups excluding carboxylic acids is 1. The summed E-state index contributed by atoms with van der Waals surface area (Å²) in [6.45, 7) is 5.28. The van der Waals surface area contributed by atoms with Crippen molar-refractivity contribution < 1.29 is 4.79 Å². The fraction of sp³-hybridized carbons (Fsp3) is 0.312. The molecule has 0 spiro atoms. The van der Waals surface area contributed by atoms with Crippen molar-refractivity contribution in [2.45, 2.75) is 20.4 Å². The van der Waals surface area contributed by atoms with Gasteiger partial charge in [-0.1, -0.05) is 6.07 Å². The number of carbonyl (C=O) groups is 1. The highest BCUT2D eigenvalue weighted by Gasteiger charge is 2.16. The molecule has 3 aromatic heterocycles. The minimum absolute atomic E-state index is 0.0686. The average Bonchev–Trinajstić information content (AvgIpc) is 3.11. The lowest BCUT2D eigenvalue weighted by Gasteiger charge is -2.16. The predicted molar refractivity (Wildman–Crippen MR) is 83.9 cm³/mol. The van der Waals surface area contributed by atoms with E-state index in [1.165, 1.54) is 0 Å². The van der Waals surface area contributed by atoms with Crippen LogP contribution >= 0.6 is 0 Å². The normalized spacial score (nSPS) is 11.0. The Kier molecular flexibility index (Phi) is 3.66. The molecule has 0 aliphatic carbocycles. The molecule has 0 radical (unpaired) electrons. The molecule has 1 amide bonds. The van der Waals surface area contributed by atoms with E-state index in [2.05, 4.69) is 9.97 Å². The Labute approximate surface area is 129 Å². The molecule has 0 aliphatic rings. The molecule has 0 saturated carbocycles. The molecule has 0 N–H and O–H groups in total. The number of nitrogens with zero attached hydrogens (tertiary/aromatic N) is 5. The molecule has 0 fully saturated rings. The molecular formula is C16H19N5O. The van der Waals surface area contributed by atoms with E-state index in [1.54, 1.807) is 24.3 Å². The molecule has 0 atom stereocenters. The van der Waals surface area contributed by atoms with E-state index in [-0.39, 0.29) is 5.91 Å². The molecule has 0 aliphatic heterocycles. The molecule has 6 heteroatoms. The van der Waals surface area contributed by atoms with Gasteiger partial charge in [-0.3, -0.25) is 4.79 Å². The highest BCUT2D eigenvalue weighted by Crippen LogP contribution is 2.11. The van der Waals surface area contributed by atoms with Crippen LogP contribution in [0.4, 0.5) is 0 Å². The largest absolute Gasteiger partial charge is 0.339 e. The molecule has 114 valence electrons. The van der Waals surface area contributed by atoms with Crippen molar-refractivity contribution in [3.05, 3.63) is 54.0 Å². The van der Waals surface area contributed by atoms with Gasteiger partial charge in [0.25, 0.3) is 5.91 Å². The molecule has 6 nitrogen and oxygen atoms in total. The average molecular weight is 297 g/mol. The number of hydrogen-bond acceptors (Lipinski definition) is 3. The maximum Gasteiger partial charge on any atom is 0.273 e. The van der Waals surface area contributed by atoms with Gasteiger partial charge in [-0.05, 0) is 25.5 Å². The summed E-state index contributed by atoms with van der Waals surface area (Å²) in [5.74, 6) is 0.880. The van der Waals surface area contributed by atoms with Crippen LogP contribution in [0.25, 0.3) is 5.65 Å². The van der Waals surface area contributed by atoms with Crippen molar-refractivity contribution in [1.29, 1.82) is 0 Å². The first kappa shape index (κ1) is 14.3. The standard InChI is InChI=1S/C16H19N5O/c1-12-5-4-7-21-11-14(18-15(12)21)16(22)19(3)9-10-20-8-6-17-13(20)2/h4-8,11H,9-10H2,1-3H3. The number of fused-ring (bicyclic) bond motifs is 1. The van der Waals surface area contributed by atoms with Crippen LogP contribution in [0.1, 0.15) is 21.9 Å². The van der Waals surface area contributed by atoms with E-state index in [9.17, 15) is 4.79 Å². The van der Waals surface area contributed by atoms with Gasteiger partial charge in [0.15, 0.2) is 0 Å². The Bertz CT molecular complexity index is 817. The Morgan fingerprint density at radius 2 is 2.14 bits per heavy atom. The summed E-state index contributed by atoms with van der Waals surface area (Å²) in [7, 11) is 1.80. The second-order valence-corrected chi connectivity index (χ2v) is 5.44. The first-order valence-corrected chi connectivity index (χ1v) is 7.24. The molecule has 22 heavy (non-hydrogen) atoms. The number of rotatable bonds is 4. The van der Waals surface area contributed by atoms with Crippen molar-refractivity contribution in [2.24, 2.45) is 0 Å². The van der Waals surface area contributed by atoms with Crippen LogP contribution in [-0.2, 0) is 6.54 Å². The van der Waals surface area contributed by atoms with Crippen LogP contribution < -0.4 is 0 Å². The zero-order valence-corrected chi connectivity index (χ0v) is 13.0. The second-order valence-electron chi connectivity index (χ2n) is 5.44. The van der Waals surface area contributed by atoms with Crippen LogP contribution in [0.5, 0.6) is 0 Å². The summed E-state index contributed by atoms with van der Waals surface area (Å²) in [6, 6.07) is 3.94. The van der Waals surface area contributed by atoms with Crippen molar-refractivity contribution in [3.63, 3.8) is 0 Å². The minimum Gasteiger partial charge on any atom is -0.339 e. The smallest absolute Gasteiger partial charge is 0.273 e. The number of aryl methyl sites for hydroxylation is 2. The number of hydrogen-bond donors (Lipinski definition) is 0. The number of pyridine rings is 1. The van der Waals surface area contributed by atoms with Gasteiger partial charge in [0.1, 0.15) is 17.2 Å². The molecular weight excluding hydrogens is 278 g/mol. The molecule has 0 bridgehead atoms. The van der Waals surface area contributed by atoms with E-state index in [4.69, 9.17) is 0 Å². The summed E-state index contributed by atoms with van der Waals surface area (Å²) in [5, 5.41) is 0. The number of likely N-dealkylation sites (N-methyl/N-ethyl adjacent to an activating group) is 1. The Morgan fingerprint density at radius 1 is 1.32 bits per heavy atom. The maximum absolute atomic E-state index is 12.5. The second kappa shape index (κ2) is 5.63. The highest BCUT2D eigenvalue weighted by molar-refractivity contribution is 5.92. The Morgan fingerprint density at radius 3 is 2.82 bits per heavy atom. The lowest BCUT2D eigenvalue weighted by Crippen LogP contribution is -2.30. The van der Waals surface area contributed by atoms with Crippen molar-refractivity contribution in [1.82, 2.24) is 23.8 Å². The molecule has 3 heterocycles.